The van der Waals surface area contributed by atoms with Gasteiger partial charge in [0.25, 0.3) is 0 Å². The third kappa shape index (κ3) is 11.3. The van der Waals surface area contributed by atoms with Crippen molar-refractivity contribution in [3.63, 3.8) is 0 Å². The Labute approximate surface area is 75.1 Å². The number of hydrogen-bond donors (Lipinski definition) is 1. The summed E-state index contributed by atoms with van der Waals surface area (Å²) in [6.45, 7) is 7.60. The summed E-state index contributed by atoms with van der Waals surface area (Å²) in [5.74, 6) is 0. The number of hydrogen-bond acceptors (Lipinski definition) is 2. The number of aliphatic hydroxyl groups excluding tert-OH is 1. The van der Waals surface area contributed by atoms with Gasteiger partial charge in [0.05, 0.1) is 19.8 Å². The van der Waals surface area contributed by atoms with Crippen LogP contribution in [-0.4, -0.2) is 43.8 Å². The van der Waals surface area contributed by atoms with E-state index >= 15 is 0 Å². The van der Waals surface area contributed by atoms with Gasteiger partial charge in [0.2, 0.25) is 0 Å². The molecule has 0 aliphatic carbocycles. The molecule has 0 saturated carbocycles. The Bertz CT molecular complexity index is 68.5. The molecular formula is C7H17LiO2. The second-order valence-electron chi connectivity index (χ2n) is 3.34. The van der Waals surface area contributed by atoms with Gasteiger partial charge in [-0.05, 0) is 5.41 Å². The minimum absolute atomic E-state index is 0. The Balaban J connectivity index is 0. The minimum atomic E-state index is 0. The first-order valence-corrected chi connectivity index (χ1v) is 3.25. The summed E-state index contributed by atoms with van der Waals surface area (Å²) in [5, 5.41) is 8.34. The first-order valence-electron chi connectivity index (χ1n) is 3.25. The third-order valence-electron chi connectivity index (χ3n) is 0.771. The quantitative estimate of drug-likeness (QED) is 0.454. The first kappa shape index (κ1) is 13.1. The molecule has 0 heterocycles. The maximum atomic E-state index is 8.34. The van der Waals surface area contributed by atoms with E-state index in [1.807, 2.05) is 0 Å². The van der Waals surface area contributed by atoms with E-state index in [0.717, 1.165) is 0 Å². The van der Waals surface area contributed by atoms with Gasteiger partial charge in [0, 0.05) is 0 Å². The van der Waals surface area contributed by atoms with Gasteiger partial charge in [-0.15, -0.1) is 0 Å². The zero-order chi connectivity index (χ0) is 7.33. The second-order valence-corrected chi connectivity index (χ2v) is 3.34. The monoisotopic (exact) mass is 140 g/mol. The van der Waals surface area contributed by atoms with Crippen LogP contribution in [0.5, 0.6) is 0 Å². The summed E-state index contributed by atoms with van der Waals surface area (Å²) in [5.41, 5.74) is 0.217. The second kappa shape index (κ2) is 6.24. The topological polar surface area (TPSA) is 29.5 Å². The van der Waals surface area contributed by atoms with Crippen LogP contribution in [0.2, 0.25) is 0 Å². The predicted molar refractivity (Wildman–Crippen MR) is 44.5 cm³/mol. The zero-order valence-corrected chi connectivity index (χ0v) is 6.48. The van der Waals surface area contributed by atoms with E-state index in [2.05, 4.69) is 20.8 Å². The molecule has 0 rings (SSSR count). The van der Waals surface area contributed by atoms with Crippen molar-refractivity contribution in [1.29, 1.82) is 0 Å². The molecule has 0 radical (unpaired) electrons. The standard InChI is InChI=1S/C7H16O2.Li.H/c1-7(2,3)6-9-5-4-8;;/h8H,4-6H2,1-3H3;;. The molecule has 0 amide bonds. The average molecular weight is 140 g/mol. The fraction of sp³-hybridized carbons (Fsp3) is 1.00. The molecule has 10 heavy (non-hydrogen) atoms. The molecule has 58 valence electrons. The van der Waals surface area contributed by atoms with Gasteiger partial charge < -0.3 is 9.84 Å². The molecule has 0 saturated heterocycles. The normalized spacial score (nSPS) is 10.8. The van der Waals surface area contributed by atoms with Crippen LogP contribution in [0.3, 0.4) is 0 Å². The van der Waals surface area contributed by atoms with Crippen molar-refractivity contribution in [3.05, 3.63) is 0 Å². The van der Waals surface area contributed by atoms with E-state index in [9.17, 15) is 0 Å². The summed E-state index contributed by atoms with van der Waals surface area (Å²) in [6.07, 6.45) is 0. The van der Waals surface area contributed by atoms with Crippen molar-refractivity contribution in [3.8, 4) is 0 Å². The van der Waals surface area contributed by atoms with Gasteiger partial charge in [0.1, 0.15) is 0 Å². The SMILES string of the molecule is CC(C)(C)COCCO.[LiH]. The molecule has 0 aliphatic heterocycles. The van der Waals surface area contributed by atoms with Gasteiger partial charge in [-0.3, -0.25) is 0 Å². The summed E-state index contributed by atoms with van der Waals surface area (Å²) in [7, 11) is 0. The van der Waals surface area contributed by atoms with Crippen molar-refractivity contribution in [2.75, 3.05) is 19.8 Å². The van der Waals surface area contributed by atoms with Crippen LogP contribution in [0.4, 0.5) is 0 Å². The van der Waals surface area contributed by atoms with Gasteiger partial charge in [-0.2, -0.15) is 0 Å². The molecular weight excluding hydrogens is 123 g/mol. The van der Waals surface area contributed by atoms with Crippen molar-refractivity contribution in [1.82, 2.24) is 0 Å². The molecule has 3 heteroatoms. The molecule has 1 N–H and O–H groups in total. The van der Waals surface area contributed by atoms with Gasteiger partial charge in [0.15, 0.2) is 0 Å². The molecule has 0 fully saturated rings. The van der Waals surface area contributed by atoms with E-state index in [1.54, 1.807) is 0 Å². The van der Waals surface area contributed by atoms with E-state index in [-0.39, 0.29) is 30.9 Å². The molecule has 0 aromatic heterocycles. The van der Waals surface area contributed by atoms with Crippen LogP contribution in [0.25, 0.3) is 0 Å². The molecule has 0 spiro atoms. The average Bonchev–Trinajstić information content (AvgIpc) is 1.63. The maximum absolute atomic E-state index is 8.34. The van der Waals surface area contributed by atoms with E-state index in [0.29, 0.717) is 13.2 Å². The summed E-state index contributed by atoms with van der Waals surface area (Å²) < 4.78 is 5.10. The van der Waals surface area contributed by atoms with Crippen LogP contribution in [0, 0.1) is 5.41 Å². The molecule has 2 nitrogen and oxygen atoms in total. The van der Waals surface area contributed by atoms with Crippen LogP contribution in [0.1, 0.15) is 20.8 Å². The van der Waals surface area contributed by atoms with E-state index in [4.69, 9.17) is 9.84 Å². The Morgan fingerprint density at radius 1 is 1.30 bits per heavy atom. The van der Waals surface area contributed by atoms with E-state index < -0.39 is 0 Å². The third-order valence-corrected chi connectivity index (χ3v) is 0.771. The molecule has 0 aromatic carbocycles. The Morgan fingerprint density at radius 2 is 1.80 bits per heavy atom. The van der Waals surface area contributed by atoms with Gasteiger partial charge >= 0.3 is 18.9 Å². The fourth-order valence-corrected chi connectivity index (χ4v) is 0.443. The van der Waals surface area contributed by atoms with Crippen molar-refractivity contribution in [2.24, 2.45) is 5.41 Å². The fourth-order valence-electron chi connectivity index (χ4n) is 0.443. The molecule has 0 aliphatic rings. The molecule has 0 unspecified atom stereocenters. The summed E-state index contributed by atoms with van der Waals surface area (Å²) in [4.78, 5) is 0. The summed E-state index contributed by atoms with van der Waals surface area (Å²) in [6, 6.07) is 0. The Kier molecular flexibility index (Phi) is 8.20. The van der Waals surface area contributed by atoms with Crippen molar-refractivity contribution < 1.29 is 9.84 Å². The number of aliphatic hydroxyl groups is 1. The van der Waals surface area contributed by atoms with Crippen LogP contribution >= 0.6 is 0 Å². The summed E-state index contributed by atoms with van der Waals surface area (Å²) >= 11 is 0. The van der Waals surface area contributed by atoms with Gasteiger partial charge in [-0.1, -0.05) is 20.8 Å². The molecule has 0 aromatic rings. The van der Waals surface area contributed by atoms with Crippen molar-refractivity contribution >= 4 is 18.9 Å². The number of rotatable bonds is 3. The Morgan fingerprint density at radius 3 is 2.10 bits per heavy atom. The van der Waals surface area contributed by atoms with Crippen LogP contribution < -0.4 is 0 Å². The van der Waals surface area contributed by atoms with Crippen LogP contribution in [-0.2, 0) is 4.74 Å². The van der Waals surface area contributed by atoms with E-state index in [1.165, 1.54) is 0 Å². The number of ether oxygens (including phenoxy) is 1. The predicted octanol–water partition coefficient (Wildman–Crippen LogP) is 0.393. The molecule has 0 atom stereocenters. The Hall–Kier alpha value is 0.517. The zero-order valence-electron chi connectivity index (χ0n) is 6.48. The van der Waals surface area contributed by atoms with Crippen molar-refractivity contribution in [2.45, 2.75) is 20.8 Å². The van der Waals surface area contributed by atoms with Crippen LogP contribution in [0.15, 0.2) is 0 Å². The first-order chi connectivity index (χ1) is 4.06. The van der Waals surface area contributed by atoms with Gasteiger partial charge in [-0.25, -0.2) is 0 Å². The molecule has 0 bridgehead atoms.